The number of unbranched alkanes of at least 4 members (excludes halogenated alkanes) is 4. The fourth-order valence-electron chi connectivity index (χ4n) is 3.69. The molecule has 9 heteroatoms. The van der Waals surface area contributed by atoms with Gasteiger partial charge in [-0.05, 0) is 32.1 Å². The van der Waals surface area contributed by atoms with Crippen molar-refractivity contribution in [1.29, 1.82) is 0 Å². The molecule has 0 aromatic rings. The average Bonchev–Trinajstić information content (AvgIpc) is 3.56. The maximum atomic E-state index is 11.5. The summed E-state index contributed by atoms with van der Waals surface area (Å²) in [4.78, 5) is 20.7. The van der Waals surface area contributed by atoms with Gasteiger partial charge in [-0.2, -0.15) is 8.42 Å². The number of epoxide rings is 2. The van der Waals surface area contributed by atoms with Crippen molar-refractivity contribution in [2.75, 3.05) is 13.2 Å². The second kappa shape index (κ2) is 14.6. The van der Waals surface area contributed by atoms with Gasteiger partial charge in [-0.1, -0.05) is 52.4 Å². The number of hydrogen-bond acceptors (Lipinski definition) is 6. The quantitative estimate of drug-likeness (QED) is 0.201. The molecule has 0 radical (unpaired) electrons. The zero-order valence-electron chi connectivity index (χ0n) is 18.8. The van der Waals surface area contributed by atoms with E-state index in [4.69, 9.17) is 14.6 Å². The van der Waals surface area contributed by atoms with Crippen LogP contribution in [0.15, 0.2) is 0 Å². The highest BCUT2D eigenvalue weighted by molar-refractivity contribution is 7.74. The van der Waals surface area contributed by atoms with Gasteiger partial charge in [0.25, 0.3) is 0 Å². The zero-order valence-corrected chi connectivity index (χ0v) is 19.6. The molecule has 0 amide bonds. The second-order valence-corrected chi connectivity index (χ2v) is 9.56. The van der Waals surface area contributed by atoms with E-state index in [1.165, 1.54) is 0 Å². The molecule has 0 aliphatic carbocycles. The summed E-state index contributed by atoms with van der Waals surface area (Å²) in [6.07, 6.45) is 10.9. The van der Waals surface area contributed by atoms with Gasteiger partial charge in [-0.15, -0.1) is 0 Å². The molecule has 2 saturated heterocycles. The SMILES string of the molecule is CC(CCCCCC1CO1)(CCCCCC1CO1)C(C(=O)O)=S(=O)=O.CCCC(=O)O. The van der Waals surface area contributed by atoms with Crippen LogP contribution in [0.25, 0.3) is 0 Å². The van der Waals surface area contributed by atoms with Crippen molar-refractivity contribution < 1.29 is 37.7 Å². The van der Waals surface area contributed by atoms with Gasteiger partial charge in [0.05, 0.1) is 25.4 Å². The lowest BCUT2D eigenvalue weighted by Crippen LogP contribution is -2.35. The van der Waals surface area contributed by atoms with Crippen LogP contribution in [0.4, 0.5) is 0 Å². The predicted octanol–water partition coefficient (Wildman–Crippen LogP) is 3.70. The lowest BCUT2D eigenvalue weighted by atomic mass is 9.77. The highest BCUT2D eigenvalue weighted by Gasteiger charge is 2.36. The Morgan fingerprint density at radius 2 is 1.35 bits per heavy atom. The largest absolute Gasteiger partial charge is 0.481 e. The first-order valence-corrected chi connectivity index (χ1v) is 12.4. The van der Waals surface area contributed by atoms with Gasteiger partial charge < -0.3 is 19.7 Å². The molecule has 0 saturated carbocycles. The Kier molecular flexibility index (Phi) is 13.0. The number of hydrogen-bond donors (Lipinski definition) is 2. The van der Waals surface area contributed by atoms with Crippen LogP contribution in [-0.4, -0.2) is 60.9 Å². The number of rotatable bonds is 16. The molecule has 2 atom stereocenters. The highest BCUT2D eigenvalue weighted by Crippen LogP contribution is 2.33. The summed E-state index contributed by atoms with van der Waals surface area (Å²) in [7, 11) is -2.68. The monoisotopic (exact) mass is 462 g/mol. The standard InChI is InChI=1S/C18H30O6S.C4H8O2/c1-18(16(17(19)20)25(21)22,10-6-2-4-8-14-12-23-14)11-7-3-5-9-15-13-24-15;1-2-3-4(5)6/h14-15H,2-13H2,1H3,(H,19,20);2-3H2,1H3,(H,5,6). The molecule has 2 unspecified atom stereocenters. The Morgan fingerprint density at radius 1 is 0.903 bits per heavy atom. The molecule has 8 nitrogen and oxygen atoms in total. The van der Waals surface area contributed by atoms with Gasteiger partial charge >= 0.3 is 11.9 Å². The smallest absolute Gasteiger partial charge is 0.347 e. The minimum atomic E-state index is -2.68. The molecule has 0 spiro atoms. The fraction of sp³-hybridized carbons (Fsp3) is 0.864. The Morgan fingerprint density at radius 3 is 1.61 bits per heavy atom. The average molecular weight is 463 g/mol. The number of carboxylic acid groups (broad SMARTS) is 2. The summed E-state index contributed by atoms with van der Waals surface area (Å²) in [5.74, 6) is -2.02. The van der Waals surface area contributed by atoms with Crippen LogP contribution in [0.1, 0.15) is 90.9 Å². The van der Waals surface area contributed by atoms with Gasteiger partial charge in [0.15, 0.2) is 4.86 Å². The molecule has 0 aromatic heterocycles. The van der Waals surface area contributed by atoms with Gasteiger partial charge in [-0.3, -0.25) is 4.79 Å². The summed E-state index contributed by atoms with van der Waals surface area (Å²) >= 11 is 0. The van der Waals surface area contributed by atoms with Crippen molar-refractivity contribution in [3.8, 4) is 0 Å². The Labute approximate surface area is 186 Å². The third-order valence-electron chi connectivity index (χ3n) is 5.69. The molecule has 0 bridgehead atoms. The van der Waals surface area contributed by atoms with Crippen LogP contribution in [0, 0.1) is 5.41 Å². The molecule has 2 heterocycles. The molecular weight excluding hydrogens is 424 g/mol. The predicted molar refractivity (Wildman–Crippen MR) is 118 cm³/mol. The van der Waals surface area contributed by atoms with Crippen LogP contribution in [0.2, 0.25) is 0 Å². The van der Waals surface area contributed by atoms with Crippen molar-refractivity contribution in [3.05, 3.63) is 0 Å². The van der Waals surface area contributed by atoms with E-state index < -0.39 is 27.6 Å². The lowest BCUT2D eigenvalue weighted by molar-refractivity contribution is -0.137. The molecule has 180 valence electrons. The topological polar surface area (TPSA) is 134 Å². The van der Waals surface area contributed by atoms with Crippen molar-refractivity contribution in [2.24, 2.45) is 5.41 Å². The minimum absolute atomic E-state index is 0.292. The molecule has 2 aliphatic rings. The number of carbonyl (C=O) groups is 2. The molecular formula is C22H38O8S. The van der Waals surface area contributed by atoms with E-state index >= 15 is 0 Å². The van der Waals surface area contributed by atoms with Crippen molar-refractivity contribution in [2.45, 2.75) is 103 Å². The zero-order chi connectivity index (χ0) is 23.3. The van der Waals surface area contributed by atoms with Crippen LogP contribution in [-0.2, 0) is 29.4 Å². The maximum Gasteiger partial charge on any atom is 0.347 e. The first-order chi connectivity index (χ1) is 14.7. The summed E-state index contributed by atoms with van der Waals surface area (Å²) in [6.45, 7) is 5.35. The van der Waals surface area contributed by atoms with Crippen LogP contribution in [0.3, 0.4) is 0 Å². The number of carboxylic acids is 2. The van der Waals surface area contributed by atoms with E-state index in [9.17, 15) is 23.1 Å². The second-order valence-electron chi connectivity index (χ2n) is 8.68. The first-order valence-electron chi connectivity index (χ1n) is 11.3. The van der Waals surface area contributed by atoms with Gasteiger partial charge in [0, 0.05) is 11.8 Å². The summed E-state index contributed by atoms with van der Waals surface area (Å²) in [5.41, 5.74) is -0.787. The van der Waals surface area contributed by atoms with E-state index in [2.05, 4.69) is 0 Å². The van der Waals surface area contributed by atoms with Gasteiger partial charge in [0.2, 0.25) is 10.3 Å². The molecule has 2 N–H and O–H groups in total. The van der Waals surface area contributed by atoms with E-state index in [1.807, 2.05) is 6.92 Å². The van der Waals surface area contributed by atoms with Crippen LogP contribution in [0.5, 0.6) is 0 Å². The Bertz CT molecular complexity index is 662. The van der Waals surface area contributed by atoms with E-state index in [0.29, 0.717) is 31.5 Å². The van der Waals surface area contributed by atoms with Crippen LogP contribution < -0.4 is 0 Å². The first kappa shape index (κ1) is 27.6. The van der Waals surface area contributed by atoms with E-state index in [1.54, 1.807) is 6.92 Å². The van der Waals surface area contributed by atoms with Crippen molar-refractivity contribution in [1.82, 2.24) is 0 Å². The highest BCUT2D eigenvalue weighted by atomic mass is 32.2. The van der Waals surface area contributed by atoms with Crippen LogP contribution >= 0.6 is 0 Å². The summed E-state index contributed by atoms with van der Waals surface area (Å²) < 4.78 is 33.4. The van der Waals surface area contributed by atoms with Crippen molar-refractivity contribution >= 4 is 27.1 Å². The van der Waals surface area contributed by atoms with E-state index in [-0.39, 0.29) is 4.86 Å². The number of ether oxygens (including phenoxy) is 2. The Balaban J connectivity index is 0.000000703. The summed E-state index contributed by atoms with van der Waals surface area (Å²) in [6, 6.07) is 0. The van der Waals surface area contributed by atoms with E-state index in [0.717, 1.165) is 71.0 Å². The molecule has 2 fully saturated rings. The lowest BCUT2D eigenvalue weighted by Gasteiger charge is -2.28. The molecule has 2 aliphatic heterocycles. The fourth-order valence-corrected chi connectivity index (χ4v) is 4.44. The molecule has 31 heavy (non-hydrogen) atoms. The normalized spacial score (nSPS) is 20.7. The van der Waals surface area contributed by atoms with Gasteiger partial charge in [-0.25, -0.2) is 4.79 Å². The number of aliphatic carboxylic acids is 2. The molecule has 2 rings (SSSR count). The third-order valence-corrected chi connectivity index (χ3v) is 6.69. The van der Waals surface area contributed by atoms with Gasteiger partial charge in [0.1, 0.15) is 0 Å². The Hall–Kier alpha value is -1.45. The van der Waals surface area contributed by atoms with Crippen molar-refractivity contribution in [3.63, 3.8) is 0 Å². The molecule has 0 aromatic carbocycles. The minimum Gasteiger partial charge on any atom is -0.481 e. The maximum absolute atomic E-state index is 11.5. The third kappa shape index (κ3) is 12.9. The summed E-state index contributed by atoms with van der Waals surface area (Å²) in [5, 5.41) is 17.3.